The van der Waals surface area contributed by atoms with Gasteiger partial charge >= 0.3 is 0 Å². The summed E-state index contributed by atoms with van der Waals surface area (Å²) in [6.07, 6.45) is 0. The Labute approximate surface area is 164 Å². The van der Waals surface area contributed by atoms with E-state index in [0.29, 0.717) is 0 Å². The molecule has 0 aliphatic rings. The van der Waals surface area contributed by atoms with Crippen LogP contribution in [0.4, 0.5) is 0 Å². The summed E-state index contributed by atoms with van der Waals surface area (Å²) in [5, 5.41) is 10.6. The Morgan fingerprint density at radius 1 is 0.214 bits per heavy atom. The van der Waals surface area contributed by atoms with Gasteiger partial charge in [-0.15, -0.1) is 0 Å². The minimum atomic E-state index is 1.31. The Kier molecular flexibility index (Phi) is 4.23. The Morgan fingerprint density at radius 3 is 0.929 bits per heavy atom. The van der Waals surface area contributed by atoms with E-state index in [-0.39, 0.29) is 0 Å². The second kappa shape index (κ2) is 7.17. The maximum Gasteiger partial charge on any atom is -0.00990 e. The molecule has 0 spiro atoms. The first-order chi connectivity index (χ1) is 13.9. The van der Waals surface area contributed by atoms with Crippen molar-refractivity contribution < 1.29 is 0 Å². The molecule has 0 saturated carbocycles. The molecule has 28 heavy (non-hydrogen) atoms. The summed E-state index contributed by atoms with van der Waals surface area (Å²) < 4.78 is 0. The third-order valence-corrected chi connectivity index (χ3v) is 5.31. The lowest BCUT2D eigenvalue weighted by Gasteiger charge is -2.07. The third kappa shape index (κ3) is 3.00. The minimum Gasteiger partial charge on any atom is -0.0616 e. The van der Waals surface area contributed by atoms with Gasteiger partial charge in [0.05, 0.1) is 0 Å². The molecule has 0 heteroatoms. The van der Waals surface area contributed by atoms with Crippen LogP contribution in [0, 0.1) is 0 Å². The van der Waals surface area contributed by atoms with E-state index in [2.05, 4.69) is 121 Å². The molecule has 0 bridgehead atoms. The first-order valence-corrected chi connectivity index (χ1v) is 9.63. The summed E-state index contributed by atoms with van der Waals surface area (Å²) >= 11 is 0. The molecule has 6 aromatic rings. The van der Waals surface area contributed by atoms with Crippen LogP contribution in [0.3, 0.4) is 0 Å². The molecule has 0 saturated heterocycles. The molecule has 6 rings (SSSR count). The fourth-order valence-electron chi connectivity index (χ4n) is 3.90. The van der Waals surface area contributed by atoms with Gasteiger partial charge in [-0.05, 0) is 43.1 Å². The fraction of sp³-hybridized carbons (Fsp3) is 0. The maximum atomic E-state index is 2.24. The number of hydrogen-bond acceptors (Lipinski definition) is 0. The van der Waals surface area contributed by atoms with Crippen molar-refractivity contribution in [2.24, 2.45) is 0 Å². The van der Waals surface area contributed by atoms with E-state index < -0.39 is 0 Å². The van der Waals surface area contributed by atoms with Gasteiger partial charge in [0.25, 0.3) is 0 Å². The van der Waals surface area contributed by atoms with Crippen LogP contribution in [0.15, 0.2) is 121 Å². The summed E-state index contributed by atoms with van der Waals surface area (Å²) in [5.74, 6) is 0. The highest BCUT2D eigenvalue weighted by Gasteiger charge is 2.03. The van der Waals surface area contributed by atoms with Gasteiger partial charge in [-0.3, -0.25) is 0 Å². The Bertz CT molecular complexity index is 1270. The molecule has 0 aliphatic carbocycles. The standard InChI is InChI=1S/C18H12.C10H8/c1-3-7-15-13(5-1)9-11-18-16-8-4-2-6-14(16)10-12-17(15)18;1-2-6-10-8-4-3-7-9(10)5-1/h1-12H;1-8H. The van der Waals surface area contributed by atoms with Crippen molar-refractivity contribution in [1.82, 2.24) is 0 Å². The monoisotopic (exact) mass is 356 g/mol. The zero-order valence-electron chi connectivity index (χ0n) is 15.5. The van der Waals surface area contributed by atoms with E-state index in [1.165, 1.54) is 43.1 Å². The molecule has 0 N–H and O–H groups in total. The van der Waals surface area contributed by atoms with Crippen molar-refractivity contribution in [1.29, 1.82) is 0 Å². The molecule has 0 unspecified atom stereocenters. The van der Waals surface area contributed by atoms with E-state index >= 15 is 0 Å². The minimum absolute atomic E-state index is 1.31. The normalized spacial score (nSPS) is 10.9. The number of fused-ring (bicyclic) bond motifs is 6. The van der Waals surface area contributed by atoms with E-state index in [1.807, 2.05) is 0 Å². The van der Waals surface area contributed by atoms with Crippen LogP contribution in [-0.2, 0) is 0 Å². The molecule has 0 heterocycles. The highest BCUT2D eigenvalue weighted by atomic mass is 14.1. The van der Waals surface area contributed by atoms with Crippen molar-refractivity contribution in [2.45, 2.75) is 0 Å². The average Bonchev–Trinajstić information content (AvgIpc) is 2.79. The van der Waals surface area contributed by atoms with Crippen molar-refractivity contribution in [2.75, 3.05) is 0 Å². The molecule has 0 aromatic heterocycles. The van der Waals surface area contributed by atoms with Gasteiger partial charge in [0.1, 0.15) is 0 Å². The summed E-state index contributed by atoms with van der Waals surface area (Å²) in [4.78, 5) is 0. The molecule has 0 atom stereocenters. The number of rotatable bonds is 0. The largest absolute Gasteiger partial charge is 0.0616 e. The molecular weight excluding hydrogens is 336 g/mol. The zero-order valence-corrected chi connectivity index (χ0v) is 15.5. The predicted molar refractivity (Wildman–Crippen MR) is 123 cm³/mol. The lowest BCUT2D eigenvalue weighted by atomic mass is 9.97. The summed E-state index contributed by atoms with van der Waals surface area (Å²) in [7, 11) is 0. The van der Waals surface area contributed by atoms with Gasteiger partial charge in [0.15, 0.2) is 0 Å². The van der Waals surface area contributed by atoms with Crippen LogP contribution < -0.4 is 0 Å². The second-order valence-electron chi connectivity index (χ2n) is 7.02. The topological polar surface area (TPSA) is 0 Å². The Balaban J connectivity index is 0.000000145. The van der Waals surface area contributed by atoms with Gasteiger partial charge < -0.3 is 0 Å². The average molecular weight is 356 g/mol. The van der Waals surface area contributed by atoms with E-state index in [0.717, 1.165) is 0 Å². The van der Waals surface area contributed by atoms with Crippen molar-refractivity contribution in [3.63, 3.8) is 0 Å². The predicted octanol–water partition coefficient (Wildman–Crippen LogP) is 7.99. The lowest BCUT2D eigenvalue weighted by molar-refractivity contribution is 1.75. The van der Waals surface area contributed by atoms with Crippen molar-refractivity contribution >= 4 is 43.1 Å². The quantitative estimate of drug-likeness (QED) is 0.242. The van der Waals surface area contributed by atoms with E-state index in [4.69, 9.17) is 0 Å². The van der Waals surface area contributed by atoms with E-state index in [9.17, 15) is 0 Å². The molecule has 6 aromatic carbocycles. The highest BCUT2D eigenvalue weighted by Crippen LogP contribution is 2.30. The zero-order chi connectivity index (χ0) is 18.8. The first kappa shape index (κ1) is 16.5. The van der Waals surface area contributed by atoms with Crippen LogP contribution in [0.2, 0.25) is 0 Å². The van der Waals surface area contributed by atoms with Crippen LogP contribution in [-0.4, -0.2) is 0 Å². The van der Waals surface area contributed by atoms with Crippen molar-refractivity contribution in [3.05, 3.63) is 121 Å². The van der Waals surface area contributed by atoms with Gasteiger partial charge in [-0.25, -0.2) is 0 Å². The molecular formula is C28H20. The molecule has 0 fully saturated rings. The van der Waals surface area contributed by atoms with Gasteiger partial charge in [0.2, 0.25) is 0 Å². The number of hydrogen-bond donors (Lipinski definition) is 0. The summed E-state index contributed by atoms with van der Waals surface area (Å²) in [5.41, 5.74) is 0. The fourth-order valence-corrected chi connectivity index (χ4v) is 3.90. The second-order valence-corrected chi connectivity index (χ2v) is 7.02. The SMILES string of the molecule is c1ccc2c(c1)ccc1c3ccccc3ccc21.c1ccc2ccccc2c1. The number of benzene rings is 6. The first-order valence-electron chi connectivity index (χ1n) is 9.63. The Morgan fingerprint density at radius 2 is 0.536 bits per heavy atom. The van der Waals surface area contributed by atoms with E-state index in [1.54, 1.807) is 0 Å². The molecule has 132 valence electrons. The van der Waals surface area contributed by atoms with Gasteiger partial charge in [-0.1, -0.05) is 121 Å². The highest BCUT2D eigenvalue weighted by molar-refractivity contribution is 6.17. The Hall–Kier alpha value is -3.64. The molecule has 0 aliphatic heterocycles. The smallest absolute Gasteiger partial charge is 0.00990 e. The summed E-state index contributed by atoms with van der Waals surface area (Å²) in [6.45, 7) is 0. The van der Waals surface area contributed by atoms with Crippen LogP contribution in [0.1, 0.15) is 0 Å². The maximum absolute atomic E-state index is 2.24. The molecule has 0 amide bonds. The molecule has 0 radical (unpaired) electrons. The van der Waals surface area contributed by atoms with Crippen LogP contribution >= 0.6 is 0 Å². The van der Waals surface area contributed by atoms with Crippen molar-refractivity contribution in [3.8, 4) is 0 Å². The van der Waals surface area contributed by atoms with Crippen LogP contribution in [0.25, 0.3) is 43.1 Å². The third-order valence-electron chi connectivity index (χ3n) is 5.31. The van der Waals surface area contributed by atoms with Gasteiger partial charge in [0, 0.05) is 0 Å². The lowest BCUT2D eigenvalue weighted by Crippen LogP contribution is -1.79. The molecule has 0 nitrogen and oxygen atoms in total. The van der Waals surface area contributed by atoms with Gasteiger partial charge in [-0.2, -0.15) is 0 Å². The summed E-state index contributed by atoms with van der Waals surface area (Å²) in [6, 6.07) is 42.8. The van der Waals surface area contributed by atoms with Crippen LogP contribution in [0.5, 0.6) is 0 Å².